The van der Waals surface area contributed by atoms with Gasteiger partial charge in [-0.05, 0) is 105 Å². The van der Waals surface area contributed by atoms with E-state index in [-0.39, 0.29) is 21.7 Å². The van der Waals surface area contributed by atoms with E-state index in [4.69, 9.17) is 0 Å². The molecular weight excluding hydrogens is 869 g/mol. The van der Waals surface area contributed by atoms with Gasteiger partial charge in [0.2, 0.25) is 22.8 Å². The molecule has 0 aliphatic carbocycles. The van der Waals surface area contributed by atoms with Gasteiger partial charge in [-0.2, -0.15) is 9.13 Å². The molecule has 65 heavy (non-hydrogen) atoms. The minimum absolute atomic E-state index is 0.0246. The van der Waals surface area contributed by atoms with E-state index < -0.39 is 5.91 Å². The smallest absolute Gasteiger partial charge is 0.198 e. The van der Waals surface area contributed by atoms with Crippen molar-refractivity contribution < 1.29 is 9.15 Å². The summed E-state index contributed by atoms with van der Waals surface area (Å²) in [5.41, 5.74) is 19.5. The van der Waals surface area contributed by atoms with E-state index in [1.165, 1.54) is 109 Å². The molecular formula is C57H60N4S4+2. The maximum Gasteiger partial charge on any atom is 0.553 e. The summed E-state index contributed by atoms with van der Waals surface area (Å²) in [6, 6.07) is 23.7. The Bertz CT molecular complexity index is 3350. The highest BCUT2D eigenvalue weighted by Gasteiger charge is 2.75. The molecule has 1 unspecified atom stereocenters. The first-order chi connectivity index (χ1) is 30.7. The van der Waals surface area contributed by atoms with Gasteiger partial charge in [-0.3, -0.25) is 0 Å². The number of hydrogen-bond acceptors (Lipinski definition) is 4. The minimum atomic E-state index is -0.827. The lowest BCUT2D eigenvalue weighted by Gasteiger charge is -2.43. The third kappa shape index (κ3) is 6.08. The molecule has 12 rings (SSSR count). The monoisotopic (exact) mass is 928 g/mol. The molecule has 330 valence electrons. The summed E-state index contributed by atoms with van der Waals surface area (Å²) in [7, 11) is 0. The van der Waals surface area contributed by atoms with Crippen molar-refractivity contribution in [2.45, 2.75) is 115 Å². The first-order valence-electron chi connectivity index (χ1n) is 23.4. The van der Waals surface area contributed by atoms with Crippen LogP contribution in [0.15, 0.2) is 106 Å². The molecule has 6 aromatic rings. The third-order valence-corrected chi connectivity index (χ3v) is 17.2. The van der Waals surface area contributed by atoms with Gasteiger partial charge in [-0.15, -0.1) is 45.3 Å². The van der Waals surface area contributed by atoms with E-state index >= 15 is 0 Å². The molecule has 6 aliphatic rings. The highest BCUT2D eigenvalue weighted by atomic mass is 32.1. The van der Waals surface area contributed by atoms with Gasteiger partial charge in [0.1, 0.15) is 0 Å². The van der Waals surface area contributed by atoms with Gasteiger partial charge in [0.25, 0.3) is 0 Å². The SMILES string of the molecule is CC(C)(C)CC1=C2C(c3cccs3)=CC3=[N+]2C24n5c1cc(-c1cccs1)c5C(CC(C)(C)C)=C1C=C(c5cccs5)C(=[N+]12)C(CC(C)(C)C)=c1cc(-c2cccs2)c(n14)=C3CC(C)(C)C. The zero-order valence-electron chi connectivity index (χ0n) is 40.0. The van der Waals surface area contributed by atoms with Gasteiger partial charge in [0, 0.05) is 65.1 Å². The van der Waals surface area contributed by atoms with Crippen LogP contribution in [-0.4, -0.2) is 29.7 Å². The molecule has 0 radical (unpaired) electrons. The topological polar surface area (TPSA) is 15.9 Å². The van der Waals surface area contributed by atoms with Crippen LogP contribution >= 0.6 is 45.3 Å². The Morgan fingerprint density at radius 3 is 1.57 bits per heavy atom. The van der Waals surface area contributed by atoms with Crippen LogP contribution in [0.1, 0.15) is 130 Å². The van der Waals surface area contributed by atoms with Crippen LogP contribution in [0.4, 0.5) is 0 Å². The van der Waals surface area contributed by atoms with Gasteiger partial charge >= 0.3 is 5.91 Å². The van der Waals surface area contributed by atoms with Crippen molar-refractivity contribution in [3.8, 4) is 20.9 Å². The number of nitrogens with zero attached hydrogens (tertiary/aromatic N) is 4. The third-order valence-electron chi connectivity index (χ3n) is 13.6. The van der Waals surface area contributed by atoms with Crippen molar-refractivity contribution in [2.75, 3.05) is 0 Å². The van der Waals surface area contributed by atoms with Crippen LogP contribution in [0.5, 0.6) is 0 Å². The molecule has 6 aliphatic heterocycles. The molecule has 0 fully saturated rings. The molecule has 12 heterocycles. The number of rotatable bonds is 8. The second-order valence-electron chi connectivity index (χ2n) is 23.9. The average molecular weight is 929 g/mol. The van der Waals surface area contributed by atoms with Crippen LogP contribution in [0, 0.1) is 21.7 Å². The molecule has 0 aromatic carbocycles. The predicted molar refractivity (Wildman–Crippen MR) is 280 cm³/mol. The fraction of sp³-hybridized carbons (Fsp3) is 0.368. The predicted octanol–water partition coefficient (Wildman–Crippen LogP) is 14.6. The van der Waals surface area contributed by atoms with E-state index in [1.807, 2.05) is 45.3 Å². The van der Waals surface area contributed by atoms with E-state index in [0.717, 1.165) is 25.7 Å². The van der Waals surface area contributed by atoms with Gasteiger partial charge in [-0.1, -0.05) is 117 Å². The highest BCUT2D eigenvalue weighted by molar-refractivity contribution is 7.14. The Morgan fingerprint density at radius 1 is 0.508 bits per heavy atom. The Hall–Kier alpha value is -4.60. The van der Waals surface area contributed by atoms with Gasteiger partial charge in [0.15, 0.2) is 0 Å². The number of thiophene rings is 4. The molecule has 1 spiro atoms. The second-order valence-corrected chi connectivity index (χ2v) is 27.7. The van der Waals surface area contributed by atoms with Gasteiger partial charge in [0.05, 0.1) is 33.2 Å². The first kappa shape index (κ1) is 41.8. The fourth-order valence-electron chi connectivity index (χ4n) is 11.7. The summed E-state index contributed by atoms with van der Waals surface area (Å²) >= 11 is 7.52. The van der Waals surface area contributed by atoms with E-state index in [1.54, 1.807) is 0 Å². The molecule has 0 N–H and O–H groups in total. The quantitative estimate of drug-likeness (QED) is 0.135. The van der Waals surface area contributed by atoms with Crippen molar-refractivity contribution in [1.82, 2.24) is 9.13 Å². The average Bonchev–Trinajstić information content (AvgIpc) is 4.06. The molecule has 6 aromatic heterocycles. The Labute approximate surface area is 400 Å². The van der Waals surface area contributed by atoms with E-state index in [9.17, 15) is 0 Å². The lowest BCUT2D eigenvalue weighted by Crippen LogP contribution is -2.71. The van der Waals surface area contributed by atoms with Crippen LogP contribution in [0.3, 0.4) is 0 Å². The molecule has 0 amide bonds. The summed E-state index contributed by atoms with van der Waals surface area (Å²) in [6.07, 6.45) is 9.04. The second kappa shape index (κ2) is 13.7. The molecule has 8 heteroatoms. The fourth-order valence-corrected chi connectivity index (χ4v) is 14.7. The zero-order chi connectivity index (χ0) is 45.3. The van der Waals surface area contributed by atoms with Crippen LogP contribution in [0.25, 0.3) is 54.3 Å². The Balaban J connectivity index is 1.40. The largest absolute Gasteiger partial charge is 0.553 e. The maximum absolute atomic E-state index is 2.90. The van der Waals surface area contributed by atoms with Crippen molar-refractivity contribution >= 4 is 90.2 Å². The Morgan fingerprint density at radius 2 is 1.02 bits per heavy atom. The van der Waals surface area contributed by atoms with Crippen LogP contribution < -0.4 is 10.7 Å². The number of hydrogen-bond donors (Lipinski definition) is 0. The summed E-state index contributed by atoms with van der Waals surface area (Å²) in [5, 5.41) is 11.8. The van der Waals surface area contributed by atoms with Crippen molar-refractivity contribution in [1.29, 1.82) is 0 Å². The standard InChI is InChI=1S/C57H60N4S4/c1-53(2,3)29-37-41-25-34(46-18-14-22-63-46)50-39(31-55(7,8)9)43-27-36(48-20-16-24-65-48)52-40(32-56(10,11)12)44-28-35(47-19-15-23-64-47)51-38(30-54(4,5)6)42-26-33(45-17-13-21-62-45)49(37)59(42)57(58(41)50,60(43)52)61(44)51/h13-28H,29-32H2,1-12H3/q+2. The number of aromatic nitrogens is 2. The lowest BCUT2D eigenvalue weighted by molar-refractivity contribution is -0.834. The highest BCUT2D eigenvalue weighted by Crippen LogP contribution is 2.60. The summed E-state index contributed by atoms with van der Waals surface area (Å²) in [6.45, 7) is 29.2. The molecule has 4 nitrogen and oxygen atoms in total. The van der Waals surface area contributed by atoms with E-state index in [2.05, 4.69) is 196 Å². The first-order valence-corrected chi connectivity index (χ1v) is 26.9. The summed E-state index contributed by atoms with van der Waals surface area (Å²) < 4.78 is 11.6. The van der Waals surface area contributed by atoms with Crippen LogP contribution in [0.2, 0.25) is 0 Å². The zero-order valence-corrected chi connectivity index (χ0v) is 43.3. The normalized spacial score (nSPS) is 19.9. The molecule has 0 saturated carbocycles. The summed E-state index contributed by atoms with van der Waals surface area (Å²) in [5.74, 6) is -0.827. The Kier molecular flexibility index (Phi) is 8.84. The van der Waals surface area contributed by atoms with Crippen molar-refractivity contribution in [2.24, 2.45) is 21.7 Å². The van der Waals surface area contributed by atoms with Gasteiger partial charge < -0.3 is 0 Å². The summed E-state index contributed by atoms with van der Waals surface area (Å²) in [4.78, 5) is 5.34. The maximum atomic E-state index is 2.90. The van der Waals surface area contributed by atoms with Gasteiger partial charge in [-0.25, -0.2) is 0 Å². The van der Waals surface area contributed by atoms with Crippen molar-refractivity contribution in [3.05, 3.63) is 138 Å². The molecule has 0 saturated heterocycles. The lowest BCUT2D eigenvalue weighted by atomic mass is 9.82. The van der Waals surface area contributed by atoms with E-state index in [0.29, 0.717) is 0 Å². The minimum Gasteiger partial charge on any atom is -0.198 e. The van der Waals surface area contributed by atoms with Crippen molar-refractivity contribution in [3.63, 3.8) is 0 Å². The molecule has 0 bridgehead atoms. The number of allylic oxidation sites excluding steroid dienone is 6. The van der Waals surface area contributed by atoms with Crippen LogP contribution in [-0.2, 0) is 5.91 Å². The molecule has 1 atom stereocenters.